The number of H-pyrrole nitrogens is 1. The Bertz CT molecular complexity index is 2520. The van der Waals surface area contributed by atoms with Gasteiger partial charge in [0.1, 0.15) is 12.8 Å². The summed E-state index contributed by atoms with van der Waals surface area (Å²) in [5.74, 6) is 5.29. The molecule has 0 radical (unpaired) electrons. The van der Waals surface area contributed by atoms with Gasteiger partial charge >= 0.3 is 23.5 Å². The van der Waals surface area contributed by atoms with Crippen LogP contribution in [0.1, 0.15) is 37.5 Å². The molecule has 4 heterocycles. The fraction of sp³-hybridized carbons (Fsp3) is 0.290. The van der Waals surface area contributed by atoms with Crippen LogP contribution in [0.5, 0.6) is 0 Å². The molecule has 6 rings (SSSR count). The third-order valence-electron chi connectivity index (χ3n) is 8.32. The second-order valence-corrected chi connectivity index (χ2v) is 16.8. The number of aromatic amines is 1. The molecule has 4 atom stereocenters. The smallest absolute Gasteiger partial charge is 0.399 e. The summed E-state index contributed by atoms with van der Waals surface area (Å²) in [5.41, 5.74) is 20.8. The lowest BCUT2D eigenvalue weighted by Gasteiger charge is -2.19. The van der Waals surface area contributed by atoms with Gasteiger partial charge in [-0.3, -0.25) is 19.1 Å². The zero-order chi connectivity index (χ0) is 39.7. The van der Waals surface area contributed by atoms with E-state index in [0.717, 1.165) is 21.8 Å². The number of hydrogen-bond acceptors (Lipinski definition) is 13. The number of aryl methyl sites for hydroxylation is 1. The quantitative estimate of drug-likeness (QED) is 0.0270. The molecule has 12 N–H and O–H groups in total. The van der Waals surface area contributed by atoms with Crippen LogP contribution in [-0.2, 0) is 42.9 Å². The first-order valence-electron chi connectivity index (χ1n) is 16.4. The molecule has 0 bridgehead atoms. The molecule has 3 aromatic heterocycles. The normalized spacial score (nSPS) is 18.2. The van der Waals surface area contributed by atoms with E-state index in [1.165, 1.54) is 10.8 Å². The van der Waals surface area contributed by atoms with Gasteiger partial charge in [0, 0.05) is 53.3 Å². The fourth-order valence-corrected chi connectivity index (χ4v) is 9.17. The summed E-state index contributed by atoms with van der Waals surface area (Å²) in [5, 5.41) is 4.84. The molecule has 0 spiro atoms. The summed E-state index contributed by atoms with van der Waals surface area (Å²) >= 11 is 0. The number of phosphoric acid groups is 3. The highest BCUT2D eigenvalue weighted by Crippen LogP contribution is 2.66. The first-order valence-corrected chi connectivity index (χ1v) is 20.9. The van der Waals surface area contributed by atoms with Crippen LogP contribution in [0.25, 0.3) is 32.8 Å². The number of nitrogen functional groups attached to an aromatic ring is 3. The van der Waals surface area contributed by atoms with E-state index < -0.39 is 48.0 Å². The lowest BCUT2D eigenvalue weighted by molar-refractivity contribution is -0.645. The Morgan fingerprint density at radius 1 is 1.00 bits per heavy atom. The number of carbonyl (C=O) groups excluding carboxylic acids is 1. The van der Waals surface area contributed by atoms with Gasteiger partial charge in [0.2, 0.25) is 22.9 Å². The van der Waals surface area contributed by atoms with Gasteiger partial charge in [-0.15, -0.1) is 0 Å². The highest BCUT2D eigenvalue weighted by Gasteiger charge is 2.41. The summed E-state index contributed by atoms with van der Waals surface area (Å²) < 4.78 is 56.2. The summed E-state index contributed by atoms with van der Waals surface area (Å²) in [6.07, 6.45) is 1.02. The monoisotopic (exact) mass is 821 g/mol. The number of amides is 1. The van der Waals surface area contributed by atoms with Gasteiger partial charge in [-0.05, 0) is 43.2 Å². The van der Waals surface area contributed by atoms with Gasteiger partial charge in [0.25, 0.3) is 5.56 Å². The lowest BCUT2D eigenvalue weighted by atomic mass is 10.1. The number of nitrogens with zero attached hydrogens (tertiary/aromatic N) is 3. The van der Waals surface area contributed by atoms with Crippen LogP contribution >= 0.6 is 23.5 Å². The molecule has 24 heteroatoms. The van der Waals surface area contributed by atoms with E-state index in [9.17, 15) is 33.1 Å². The van der Waals surface area contributed by atoms with Crippen molar-refractivity contribution in [3.8, 4) is 11.8 Å². The number of ether oxygens (including phenoxy) is 1. The van der Waals surface area contributed by atoms with Gasteiger partial charge in [-0.1, -0.05) is 11.8 Å². The maximum absolute atomic E-state index is 12.9. The number of anilines is 3. The van der Waals surface area contributed by atoms with E-state index in [2.05, 4.69) is 50.9 Å². The zero-order valence-corrected chi connectivity index (χ0v) is 31.3. The van der Waals surface area contributed by atoms with Gasteiger partial charge < -0.3 is 51.4 Å². The Morgan fingerprint density at radius 2 is 1.67 bits per heavy atom. The van der Waals surface area contributed by atoms with E-state index in [0.29, 0.717) is 24.3 Å². The first kappa shape index (κ1) is 40.0. The Balaban J connectivity index is 1.08. The Labute approximate surface area is 310 Å². The highest BCUT2D eigenvalue weighted by atomic mass is 31.3. The molecule has 1 aliphatic rings. The minimum Gasteiger partial charge on any atom is -0.399 e. The highest BCUT2D eigenvalue weighted by molar-refractivity contribution is 7.66. The molecule has 1 amide bonds. The van der Waals surface area contributed by atoms with Crippen molar-refractivity contribution in [2.75, 3.05) is 30.4 Å². The second kappa shape index (κ2) is 15.8. The Hall–Kier alpha value is -4.67. The third kappa shape index (κ3) is 9.96. The number of aromatic nitrogens is 4. The maximum Gasteiger partial charge on any atom is 0.490 e. The van der Waals surface area contributed by atoms with Crippen molar-refractivity contribution >= 4 is 79.5 Å². The standard InChI is InChI=1S/C31H35N8O13P3/c32-21-7-5-18-13-19-6-8-22(33)15-25(19)38(24(18)14-21)12-2-4-26(40)35-11-1-3-20-16-39(29-28(20)30(41)37-31(34)36-29)27-10-9-23(50-27)17-49-54(45,46)52-55(47,48)51-53(42,43)44/h5-8,13-16,23,27H,2,4,9-12,17H2,(H11,32,33,34,35,36,37,40,41,42,43,44,45,46,47,48)/p+1/t23-,27+/m0/s1. The van der Waals surface area contributed by atoms with Crippen LogP contribution in [0.4, 0.5) is 17.3 Å². The van der Waals surface area contributed by atoms with Gasteiger partial charge in [-0.25, -0.2) is 13.7 Å². The SMILES string of the molecule is Nc1ccc2cc3ccc(N)cc3[n+](CCCC(=O)NCC#Cc3cn([C@H]4CC[C@@H](COP(=O)(O)OP(=O)(O)OP(=O)(O)O)O4)c4nc(N)[nH]c(=O)c34)c2c1. The Morgan fingerprint density at radius 3 is 2.33 bits per heavy atom. The largest absolute Gasteiger partial charge is 0.490 e. The number of phosphoric ester groups is 1. The first-order chi connectivity index (χ1) is 25.9. The zero-order valence-electron chi connectivity index (χ0n) is 28.6. The predicted octanol–water partition coefficient (Wildman–Crippen LogP) is 2.03. The molecule has 5 aromatic rings. The van der Waals surface area contributed by atoms with Crippen molar-refractivity contribution in [2.45, 2.75) is 44.6 Å². The average Bonchev–Trinajstić information content (AvgIpc) is 3.69. The molecule has 21 nitrogen and oxygen atoms in total. The molecule has 1 saturated heterocycles. The fourth-order valence-electron chi connectivity index (χ4n) is 6.12. The Kier molecular flexibility index (Phi) is 11.5. The summed E-state index contributed by atoms with van der Waals surface area (Å²) in [7, 11) is -16.6. The van der Waals surface area contributed by atoms with Crippen molar-refractivity contribution < 1.29 is 60.5 Å². The number of nitrogens with two attached hydrogens (primary N) is 3. The topological polar surface area (TPSA) is 331 Å². The number of fused-ring (bicyclic) bond motifs is 3. The van der Waals surface area contributed by atoms with E-state index in [-0.39, 0.29) is 54.3 Å². The van der Waals surface area contributed by atoms with E-state index in [1.54, 1.807) is 0 Å². The minimum atomic E-state index is -5.69. The van der Waals surface area contributed by atoms with E-state index >= 15 is 0 Å². The lowest BCUT2D eigenvalue weighted by Crippen LogP contribution is -2.36. The minimum absolute atomic E-state index is 0.0359. The number of nitrogens with one attached hydrogen (secondary N) is 2. The number of rotatable bonds is 13. The molecule has 1 aliphatic heterocycles. The molecular formula is C31H36N8O13P3+. The van der Waals surface area contributed by atoms with Gasteiger partial charge in [0.15, 0.2) is 5.65 Å². The van der Waals surface area contributed by atoms with Crippen LogP contribution < -0.4 is 32.6 Å². The molecule has 292 valence electrons. The molecule has 0 aliphatic carbocycles. The third-order valence-corrected chi connectivity index (χ3v) is 12.1. The van der Waals surface area contributed by atoms with Crippen molar-refractivity contribution in [2.24, 2.45) is 0 Å². The molecule has 2 aromatic carbocycles. The molecular weight excluding hydrogens is 785 g/mol. The summed E-state index contributed by atoms with van der Waals surface area (Å²) in [6.45, 7) is -0.172. The maximum atomic E-state index is 12.9. The van der Waals surface area contributed by atoms with E-state index in [1.807, 2.05) is 36.4 Å². The van der Waals surface area contributed by atoms with Crippen LogP contribution in [0, 0.1) is 11.8 Å². The number of pyridine rings is 1. The van der Waals surface area contributed by atoms with Crippen molar-refractivity contribution in [1.29, 1.82) is 0 Å². The predicted molar refractivity (Wildman–Crippen MR) is 197 cm³/mol. The molecule has 1 fully saturated rings. The number of carbonyl (C=O) groups is 1. The average molecular weight is 822 g/mol. The van der Waals surface area contributed by atoms with Crippen molar-refractivity contribution in [3.05, 3.63) is 64.6 Å². The molecule has 55 heavy (non-hydrogen) atoms. The van der Waals surface area contributed by atoms with Crippen LogP contribution in [0.3, 0.4) is 0 Å². The van der Waals surface area contributed by atoms with Crippen molar-refractivity contribution in [3.63, 3.8) is 0 Å². The van der Waals surface area contributed by atoms with Gasteiger partial charge in [-0.2, -0.15) is 18.2 Å². The number of benzene rings is 2. The van der Waals surface area contributed by atoms with Crippen LogP contribution in [0.15, 0.2) is 53.5 Å². The van der Waals surface area contributed by atoms with Crippen LogP contribution in [0.2, 0.25) is 0 Å². The molecule has 2 unspecified atom stereocenters. The van der Waals surface area contributed by atoms with Crippen molar-refractivity contribution in [1.82, 2.24) is 19.9 Å². The summed E-state index contributed by atoms with van der Waals surface area (Å²) in [4.78, 5) is 68.9. The molecule has 0 saturated carbocycles. The number of hydrogen-bond donors (Lipinski definition) is 9. The van der Waals surface area contributed by atoms with Gasteiger partial charge in [0.05, 0.1) is 30.2 Å². The van der Waals surface area contributed by atoms with E-state index in [4.69, 9.17) is 31.7 Å². The summed E-state index contributed by atoms with van der Waals surface area (Å²) in [6, 6.07) is 13.4. The van der Waals surface area contributed by atoms with Crippen LogP contribution in [-0.4, -0.2) is 59.3 Å². The second-order valence-electron chi connectivity index (χ2n) is 12.4.